The molecular formula is C28H24BrN3O6. The van der Waals surface area contributed by atoms with Crippen molar-refractivity contribution >= 4 is 56.9 Å². The highest BCUT2D eigenvalue weighted by molar-refractivity contribution is 9.10. The molecule has 0 aliphatic carbocycles. The lowest BCUT2D eigenvalue weighted by atomic mass is 10.1. The largest absolute Gasteiger partial charge is 0.465 e. The van der Waals surface area contributed by atoms with Crippen molar-refractivity contribution in [3.8, 4) is 0 Å². The molecule has 2 amide bonds. The molecule has 2 N–H and O–H groups in total. The van der Waals surface area contributed by atoms with E-state index in [0.717, 1.165) is 10.0 Å². The molecule has 1 aromatic heterocycles. The second kappa shape index (κ2) is 11.3. The molecule has 2 aromatic carbocycles. The monoisotopic (exact) mass is 577 g/mol. The number of anilines is 2. The molecule has 0 bridgehead atoms. The van der Waals surface area contributed by atoms with E-state index in [4.69, 9.17) is 9.15 Å². The van der Waals surface area contributed by atoms with Crippen molar-refractivity contribution in [3.05, 3.63) is 99.2 Å². The van der Waals surface area contributed by atoms with Gasteiger partial charge in [-0.15, -0.1) is 0 Å². The van der Waals surface area contributed by atoms with Crippen molar-refractivity contribution in [1.29, 1.82) is 0 Å². The van der Waals surface area contributed by atoms with E-state index in [1.807, 2.05) is 31.2 Å². The van der Waals surface area contributed by atoms with Crippen molar-refractivity contribution in [2.45, 2.75) is 20.4 Å². The van der Waals surface area contributed by atoms with Crippen molar-refractivity contribution in [3.63, 3.8) is 0 Å². The van der Waals surface area contributed by atoms with Crippen LogP contribution in [0.2, 0.25) is 0 Å². The number of furan rings is 1. The van der Waals surface area contributed by atoms with Crippen molar-refractivity contribution in [1.82, 2.24) is 5.32 Å². The van der Waals surface area contributed by atoms with Gasteiger partial charge < -0.3 is 24.7 Å². The molecule has 2 heterocycles. The first-order chi connectivity index (χ1) is 18.2. The fourth-order valence-electron chi connectivity index (χ4n) is 3.86. The quantitative estimate of drug-likeness (QED) is 0.192. The number of allylic oxidation sites excluding steroid dienone is 2. The topological polar surface area (TPSA) is 118 Å². The van der Waals surface area contributed by atoms with Crippen LogP contribution in [0.25, 0.3) is 6.08 Å². The maximum atomic E-state index is 13.2. The lowest BCUT2D eigenvalue weighted by Crippen LogP contribution is -2.34. The Labute approximate surface area is 227 Å². The molecule has 1 aliphatic rings. The summed E-state index contributed by atoms with van der Waals surface area (Å²) in [5.41, 5.74) is 2.77. The van der Waals surface area contributed by atoms with Gasteiger partial charge in [0.15, 0.2) is 0 Å². The minimum Gasteiger partial charge on any atom is -0.465 e. The van der Waals surface area contributed by atoms with Crippen LogP contribution in [0, 0.1) is 6.92 Å². The summed E-state index contributed by atoms with van der Waals surface area (Å²) in [6, 6.07) is 17.6. The Kier molecular flexibility index (Phi) is 7.92. The fourth-order valence-corrected chi connectivity index (χ4v) is 4.12. The second-order valence-electron chi connectivity index (χ2n) is 8.43. The van der Waals surface area contributed by atoms with Gasteiger partial charge in [0.1, 0.15) is 17.1 Å². The number of amides is 2. The maximum absolute atomic E-state index is 13.2. The zero-order chi connectivity index (χ0) is 27.4. The number of nitrogens with zero attached hydrogens (tertiary/aromatic N) is 1. The van der Waals surface area contributed by atoms with Gasteiger partial charge in [-0.1, -0.05) is 33.6 Å². The summed E-state index contributed by atoms with van der Waals surface area (Å²) < 4.78 is 11.5. The second-order valence-corrected chi connectivity index (χ2v) is 9.35. The summed E-state index contributed by atoms with van der Waals surface area (Å²) in [6.45, 7) is 3.54. The average Bonchev–Trinajstić information content (AvgIpc) is 3.45. The molecule has 38 heavy (non-hydrogen) atoms. The molecule has 10 heteroatoms. The minimum absolute atomic E-state index is 0.0433. The third kappa shape index (κ3) is 5.76. The third-order valence-electron chi connectivity index (χ3n) is 5.77. The molecule has 0 unspecified atom stereocenters. The van der Waals surface area contributed by atoms with E-state index in [-0.39, 0.29) is 17.8 Å². The molecular weight excluding hydrogens is 554 g/mol. The number of halogens is 1. The number of aryl methyl sites for hydroxylation is 1. The highest BCUT2D eigenvalue weighted by Crippen LogP contribution is 2.36. The number of nitrogens with one attached hydrogen (secondary N) is 2. The van der Waals surface area contributed by atoms with Gasteiger partial charge >= 0.3 is 17.8 Å². The molecule has 4 rings (SSSR count). The van der Waals surface area contributed by atoms with Gasteiger partial charge in [-0.3, -0.25) is 14.4 Å². The summed E-state index contributed by atoms with van der Waals surface area (Å²) >= 11 is 3.40. The van der Waals surface area contributed by atoms with Gasteiger partial charge in [0.25, 0.3) is 0 Å². The first-order valence-corrected chi connectivity index (χ1v) is 12.3. The lowest BCUT2D eigenvalue weighted by Gasteiger charge is -2.21. The van der Waals surface area contributed by atoms with E-state index in [0.29, 0.717) is 28.6 Å². The number of ether oxygens (including phenoxy) is 1. The number of esters is 1. The number of hydrogen-bond donors (Lipinski definition) is 2. The van der Waals surface area contributed by atoms with Crippen molar-refractivity contribution in [2.75, 3.05) is 17.3 Å². The number of ketones is 1. The van der Waals surface area contributed by atoms with Crippen LogP contribution in [0.15, 0.2) is 86.5 Å². The molecule has 0 radical (unpaired) electrons. The van der Waals surface area contributed by atoms with E-state index in [1.54, 1.807) is 48.2 Å². The molecule has 3 aromatic rings. The average molecular weight is 578 g/mol. The van der Waals surface area contributed by atoms with Gasteiger partial charge in [0.2, 0.25) is 5.78 Å². The molecule has 9 nitrogen and oxygen atoms in total. The van der Waals surface area contributed by atoms with Gasteiger partial charge in [-0.2, -0.15) is 0 Å². The van der Waals surface area contributed by atoms with E-state index < -0.39 is 23.6 Å². The molecule has 0 fully saturated rings. The zero-order valence-electron chi connectivity index (χ0n) is 20.8. The summed E-state index contributed by atoms with van der Waals surface area (Å²) in [5.74, 6) is -2.17. The number of methoxy groups -OCH3 is 1. The summed E-state index contributed by atoms with van der Waals surface area (Å²) in [6.07, 6.45) is 1.51. The number of rotatable bonds is 6. The van der Waals surface area contributed by atoms with Gasteiger partial charge in [-0.05, 0) is 62.4 Å². The molecule has 194 valence electrons. The third-order valence-corrected chi connectivity index (χ3v) is 6.30. The number of benzene rings is 2. The Morgan fingerprint density at radius 1 is 0.974 bits per heavy atom. The summed E-state index contributed by atoms with van der Waals surface area (Å²) in [4.78, 5) is 51.6. The Balaban J connectivity index is 1.50. The Morgan fingerprint density at radius 3 is 2.32 bits per heavy atom. The van der Waals surface area contributed by atoms with Crippen molar-refractivity contribution < 1.29 is 28.3 Å². The number of Topliss-reactive ketones (excluding diaryl/α,β-unsaturated/α-hetero) is 1. The Morgan fingerprint density at radius 2 is 1.66 bits per heavy atom. The van der Waals surface area contributed by atoms with E-state index in [9.17, 15) is 19.2 Å². The molecule has 0 saturated heterocycles. The number of carbonyl (C=O) groups is 4. The summed E-state index contributed by atoms with van der Waals surface area (Å²) in [5, 5.41) is 5.04. The van der Waals surface area contributed by atoms with Crippen LogP contribution in [0.5, 0.6) is 0 Å². The highest BCUT2D eigenvalue weighted by atomic mass is 79.9. The SMILES string of the molecule is COC(=O)C1=C(C)N(c2ccc(Br)cc2)/C(=C/c2ccc(CNC(=O)C(=O)Nc3ccc(C)cc3)o2)C1=O. The highest BCUT2D eigenvalue weighted by Gasteiger charge is 2.38. The van der Waals surface area contributed by atoms with E-state index in [1.165, 1.54) is 13.2 Å². The minimum atomic E-state index is -0.822. The first-order valence-electron chi connectivity index (χ1n) is 11.5. The lowest BCUT2D eigenvalue weighted by molar-refractivity contribution is -0.137. The Hall–Kier alpha value is -4.44. The van der Waals surface area contributed by atoms with Crippen molar-refractivity contribution in [2.24, 2.45) is 0 Å². The molecule has 0 saturated carbocycles. The van der Waals surface area contributed by atoms with Crippen LogP contribution in [0.1, 0.15) is 24.0 Å². The standard InChI is InChI=1S/C28H24BrN3O6/c1-16-4-8-19(9-5-16)31-27(35)26(34)30-15-22-13-12-21(38-22)14-23-25(33)24(28(36)37-3)17(2)32(23)20-10-6-18(29)7-11-20/h4-14H,15H2,1-3H3,(H,30,34)(H,31,35)/b23-14+. The first kappa shape index (κ1) is 26.6. The predicted molar refractivity (Wildman–Crippen MR) is 145 cm³/mol. The normalized spacial score (nSPS) is 14.2. The fraction of sp³-hybridized carbons (Fsp3) is 0.143. The molecule has 0 spiro atoms. The van der Waals surface area contributed by atoms with E-state index >= 15 is 0 Å². The molecule has 0 atom stereocenters. The van der Waals surface area contributed by atoms with Crippen LogP contribution < -0.4 is 15.5 Å². The number of hydrogen-bond acceptors (Lipinski definition) is 7. The van der Waals surface area contributed by atoms with Gasteiger partial charge in [0, 0.05) is 27.6 Å². The molecule has 1 aliphatic heterocycles. The van der Waals surface area contributed by atoms with Gasteiger partial charge in [-0.25, -0.2) is 4.79 Å². The van der Waals surface area contributed by atoms with Crippen LogP contribution in [0.4, 0.5) is 11.4 Å². The van der Waals surface area contributed by atoms with Gasteiger partial charge in [0.05, 0.1) is 19.4 Å². The van der Waals surface area contributed by atoms with Crippen LogP contribution in [0.3, 0.4) is 0 Å². The predicted octanol–water partition coefficient (Wildman–Crippen LogP) is 4.48. The van der Waals surface area contributed by atoms with Crippen LogP contribution in [-0.4, -0.2) is 30.7 Å². The Bertz CT molecular complexity index is 1470. The van der Waals surface area contributed by atoms with E-state index in [2.05, 4.69) is 26.6 Å². The zero-order valence-corrected chi connectivity index (χ0v) is 22.4. The van der Waals surface area contributed by atoms with Crippen LogP contribution >= 0.6 is 15.9 Å². The summed E-state index contributed by atoms with van der Waals surface area (Å²) in [7, 11) is 1.22. The smallest absolute Gasteiger partial charge is 0.343 e. The maximum Gasteiger partial charge on any atom is 0.343 e. The van der Waals surface area contributed by atoms with Crippen LogP contribution in [-0.2, 0) is 30.5 Å². The number of carbonyl (C=O) groups excluding carboxylic acids is 4.